The quantitative estimate of drug-likeness (QED) is 0.0230. The number of allylic oxidation sites excluding steroid dienone is 2. The average Bonchev–Trinajstić information content (AvgIpc) is 3.01. The topological polar surface area (TPSA) is 91.3 Å². The van der Waals surface area contributed by atoms with Crippen LogP contribution >= 0.6 is 7.82 Å². The van der Waals surface area contributed by atoms with Gasteiger partial charge in [-0.15, -0.1) is 0 Å². The molecule has 0 aliphatic rings. The zero-order chi connectivity index (χ0) is 34.9. The van der Waals surface area contributed by atoms with Gasteiger partial charge in [-0.3, -0.25) is 13.8 Å². The van der Waals surface area contributed by atoms with Crippen molar-refractivity contribution in [3.05, 3.63) is 12.2 Å². The monoisotopic (exact) mass is 691 g/mol. The minimum Gasteiger partial charge on any atom is -0.457 e. The van der Waals surface area contributed by atoms with E-state index in [-0.39, 0.29) is 25.8 Å². The maximum absolute atomic E-state index is 12.5. The van der Waals surface area contributed by atoms with E-state index < -0.39 is 13.9 Å². The van der Waals surface area contributed by atoms with Crippen LogP contribution in [0.25, 0.3) is 0 Å². The van der Waals surface area contributed by atoms with Crippen molar-refractivity contribution >= 4 is 13.8 Å². The lowest BCUT2D eigenvalue weighted by Gasteiger charge is -2.24. The van der Waals surface area contributed by atoms with Crippen molar-refractivity contribution in [3.8, 4) is 0 Å². The Morgan fingerprint density at radius 2 is 1.11 bits per heavy atom. The largest absolute Gasteiger partial charge is 0.472 e. The molecule has 0 aromatic rings. The Hall–Kier alpha value is -0.760. The number of hydrogen-bond donors (Lipinski definition) is 1. The van der Waals surface area contributed by atoms with Crippen LogP contribution in [0.5, 0.6) is 0 Å². The van der Waals surface area contributed by atoms with E-state index in [4.69, 9.17) is 18.5 Å². The Balaban J connectivity index is 4.14. The highest BCUT2D eigenvalue weighted by atomic mass is 31.2. The Labute approximate surface area is 290 Å². The fourth-order valence-corrected chi connectivity index (χ4v) is 5.99. The number of esters is 1. The van der Waals surface area contributed by atoms with Crippen molar-refractivity contribution in [2.24, 2.45) is 0 Å². The summed E-state index contributed by atoms with van der Waals surface area (Å²) in [5, 5.41) is 0. The lowest BCUT2D eigenvalue weighted by molar-refractivity contribution is -0.870. The zero-order valence-electron chi connectivity index (χ0n) is 31.5. The molecule has 0 aliphatic carbocycles. The zero-order valence-corrected chi connectivity index (χ0v) is 32.4. The van der Waals surface area contributed by atoms with Gasteiger partial charge in [0.25, 0.3) is 0 Å². The molecule has 0 rings (SSSR count). The van der Waals surface area contributed by atoms with Crippen molar-refractivity contribution in [1.82, 2.24) is 0 Å². The first-order valence-corrected chi connectivity index (χ1v) is 20.9. The molecule has 0 radical (unpaired) electrons. The van der Waals surface area contributed by atoms with E-state index in [1.165, 1.54) is 116 Å². The van der Waals surface area contributed by atoms with Crippen LogP contribution in [-0.4, -0.2) is 75.6 Å². The molecule has 9 heteroatoms. The van der Waals surface area contributed by atoms with Gasteiger partial charge < -0.3 is 18.9 Å². The van der Waals surface area contributed by atoms with Crippen molar-refractivity contribution in [2.75, 3.05) is 54.1 Å². The van der Waals surface area contributed by atoms with Gasteiger partial charge in [-0.05, 0) is 38.5 Å². The van der Waals surface area contributed by atoms with E-state index in [0.29, 0.717) is 24.1 Å². The predicted octanol–water partition coefficient (Wildman–Crippen LogP) is 10.7. The summed E-state index contributed by atoms with van der Waals surface area (Å²) in [5.41, 5.74) is 0. The van der Waals surface area contributed by atoms with Crippen molar-refractivity contribution < 1.29 is 37.3 Å². The molecular weight excluding hydrogens is 613 g/mol. The lowest BCUT2D eigenvalue weighted by Crippen LogP contribution is -2.37. The number of carbonyl (C=O) groups is 1. The maximum atomic E-state index is 12.5. The van der Waals surface area contributed by atoms with Gasteiger partial charge in [0.1, 0.15) is 19.3 Å². The van der Waals surface area contributed by atoms with Crippen LogP contribution in [0.15, 0.2) is 12.2 Å². The van der Waals surface area contributed by atoms with E-state index in [1.54, 1.807) is 0 Å². The summed E-state index contributed by atoms with van der Waals surface area (Å²) in [5.74, 6) is -0.321. The summed E-state index contributed by atoms with van der Waals surface area (Å²) in [6.45, 7) is 5.58. The molecular formula is C38H77NO7P+. The SMILES string of the molecule is CCCCCCCC/C=C\CCCCCCCCCCOCC(COP(=O)(O)OCC[N+](C)(C)C)OC(=O)CCCCCCCCC. The number of quaternary nitrogens is 1. The van der Waals surface area contributed by atoms with Crippen LogP contribution in [0, 0.1) is 0 Å². The molecule has 0 bridgehead atoms. The number of nitrogens with zero attached hydrogens (tertiary/aromatic N) is 1. The van der Waals surface area contributed by atoms with E-state index in [2.05, 4.69) is 26.0 Å². The van der Waals surface area contributed by atoms with Gasteiger partial charge in [0.05, 0.1) is 34.4 Å². The predicted molar refractivity (Wildman–Crippen MR) is 197 cm³/mol. The molecule has 280 valence electrons. The molecule has 0 amide bonds. The number of unbranched alkanes of at least 4 members (excludes halogenated alkanes) is 20. The molecule has 0 aromatic carbocycles. The second-order valence-corrected chi connectivity index (χ2v) is 15.8. The number of ether oxygens (including phenoxy) is 2. The summed E-state index contributed by atoms with van der Waals surface area (Å²) < 4.78 is 34.7. The van der Waals surface area contributed by atoms with Crippen LogP contribution in [0.1, 0.15) is 168 Å². The molecule has 2 atom stereocenters. The summed E-state index contributed by atoms with van der Waals surface area (Å²) in [4.78, 5) is 22.6. The number of phosphoric ester groups is 1. The number of carbonyl (C=O) groups excluding carboxylic acids is 1. The first-order chi connectivity index (χ1) is 22.6. The van der Waals surface area contributed by atoms with E-state index in [0.717, 1.165) is 32.1 Å². The summed E-state index contributed by atoms with van der Waals surface area (Å²) >= 11 is 0. The van der Waals surface area contributed by atoms with Crippen LogP contribution < -0.4 is 0 Å². The smallest absolute Gasteiger partial charge is 0.457 e. The van der Waals surface area contributed by atoms with E-state index >= 15 is 0 Å². The molecule has 0 heterocycles. The molecule has 0 fully saturated rings. The molecule has 0 spiro atoms. The molecule has 0 saturated heterocycles. The third-order valence-electron chi connectivity index (χ3n) is 8.33. The van der Waals surface area contributed by atoms with Crippen LogP contribution in [0.3, 0.4) is 0 Å². The van der Waals surface area contributed by atoms with E-state index in [9.17, 15) is 14.3 Å². The van der Waals surface area contributed by atoms with Gasteiger partial charge in [-0.1, -0.05) is 135 Å². The Morgan fingerprint density at radius 1 is 0.638 bits per heavy atom. The molecule has 0 saturated carbocycles. The molecule has 1 N–H and O–H groups in total. The second kappa shape index (κ2) is 32.4. The Kier molecular flexibility index (Phi) is 31.9. The molecule has 0 aromatic heterocycles. The van der Waals surface area contributed by atoms with Crippen LogP contribution in [0.2, 0.25) is 0 Å². The van der Waals surface area contributed by atoms with Crippen LogP contribution in [0.4, 0.5) is 0 Å². The third-order valence-corrected chi connectivity index (χ3v) is 9.31. The van der Waals surface area contributed by atoms with Crippen LogP contribution in [-0.2, 0) is 27.9 Å². The highest BCUT2D eigenvalue weighted by Gasteiger charge is 2.26. The minimum absolute atomic E-state index is 0.0905. The average molecular weight is 691 g/mol. The normalized spacial score (nSPS) is 14.1. The fourth-order valence-electron chi connectivity index (χ4n) is 5.25. The first-order valence-electron chi connectivity index (χ1n) is 19.4. The minimum atomic E-state index is -4.26. The Bertz CT molecular complexity index is 772. The van der Waals surface area contributed by atoms with Crippen molar-refractivity contribution in [2.45, 2.75) is 174 Å². The summed E-state index contributed by atoms with van der Waals surface area (Å²) in [6, 6.07) is 0. The number of rotatable bonds is 36. The van der Waals surface area contributed by atoms with Gasteiger partial charge >= 0.3 is 13.8 Å². The summed E-state index contributed by atoms with van der Waals surface area (Å²) in [6.07, 6.45) is 32.5. The lowest BCUT2D eigenvalue weighted by atomic mass is 10.1. The maximum Gasteiger partial charge on any atom is 0.472 e. The molecule has 0 aliphatic heterocycles. The molecule has 8 nitrogen and oxygen atoms in total. The Morgan fingerprint density at radius 3 is 1.62 bits per heavy atom. The van der Waals surface area contributed by atoms with Gasteiger partial charge in [0, 0.05) is 13.0 Å². The van der Waals surface area contributed by atoms with Gasteiger partial charge in [0.2, 0.25) is 0 Å². The number of hydrogen-bond acceptors (Lipinski definition) is 6. The fraction of sp³-hybridized carbons (Fsp3) is 0.921. The second-order valence-electron chi connectivity index (χ2n) is 14.3. The van der Waals surface area contributed by atoms with Crippen molar-refractivity contribution in [3.63, 3.8) is 0 Å². The highest BCUT2D eigenvalue weighted by Crippen LogP contribution is 2.43. The van der Waals surface area contributed by atoms with Gasteiger partial charge in [-0.25, -0.2) is 4.57 Å². The van der Waals surface area contributed by atoms with Gasteiger partial charge in [-0.2, -0.15) is 0 Å². The summed E-state index contributed by atoms with van der Waals surface area (Å²) in [7, 11) is 1.67. The highest BCUT2D eigenvalue weighted by molar-refractivity contribution is 7.47. The number of likely N-dealkylation sites (N-methyl/N-ethyl adjacent to an activating group) is 1. The number of phosphoric acid groups is 1. The molecule has 2 unspecified atom stereocenters. The third kappa shape index (κ3) is 36.3. The van der Waals surface area contributed by atoms with E-state index in [1.807, 2.05) is 21.1 Å². The standard InChI is InChI=1S/C38H76NO7P/c1-6-8-10-12-14-15-16-17-18-19-20-21-22-23-24-26-28-30-33-43-35-37(36-45-47(41,42)44-34-32-39(3,4)5)46-38(40)31-29-27-25-13-11-9-7-2/h17-18,37H,6-16,19-36H2,1-5H3/p+1/b18-17-. The first kappa shape index (κ1) is 46.2. The van der Waals surface area contributed by atoms with Gasteiger partial charge in [0.15, 0.2) is 0 Å². The molecule has 47 heavy (non-hydrogen) atoms. The van der Waals surface area contributed by atoms with Crippen molar-refractivity contribution in [1.29, 1.82) is 0 Å².